The van der Waals surface area contributed by atoms with Crippen molar-refractivity contribution < 1.29 is 42.2 Å². The molecule has 0 fully saturated rings. The highest BCUT2D eigenvalue weighted by molar-refractivity contribution is 6.04. The van der Waals surface area contributed by atoms with E-state index in [1.165, 1.54) is 19.2 Å². The molecule has 0 bridgehead atoms. The molecule has 1 atom stereocenters. The highest BCUT2D eigenvalue weighted by Gasteiger charge is 2.55. The molecule has 0 N–H and O–H groups in total. The first-order chi connectivity index (χ1) is 14.6. The van der Waals surface area contributed by atoms with Crippen LogP contribution in [0.2, 0.25) is 0 Å². The molecule has 0 aliphatic heterocycles. The lowest BCUT2D eigenvalue weighted by Crippen LogP contribution is -2.62. The average molecular weight is 455 g/mol. The molecule has 0 aromatic heterocycles. The zero-order chi connectivity index (χ0) is 24.9. The normalized spacial score (nSPS) is 13.7. The van der Waals surface area contributed by atoms with Crippen molar-refractivity contribution >= 4 is 23.5 Å². The van der Waals surface area contributed by atoms with Crippen LogP contribution in [0.15, 0.2) is 24.8 Å². The second-order valence-corrected chi connectivity index (χ2v) is 9.35. The molecule has 0 saturated heterocycles. The molecule has 9 heteroatoms. The van der Waals surface area contributed by atoms with Crippen molar-refractivity contribution in [3.8, 4) is 0 Å². The van der Waals surface area contributed by atoms with Gasteiger partial charge >= 0.3 is 23.5 Å². The van der Waals surface area contributed by atoms with Gasteiger partial charge in [0.05, 0.1) is 47.5 Å². The quantitative estimate of drug-likeness (QED) is 0.245. The number of esters is 3. The summed E-state index contributed by atoms with van der Waals surface area (Å²) in [5.41, 5.74) is -2.82. The summed E-state index contributed by atoms with van der Waals surface area (Å²) in [6, 6.07) is 3.63. The smallest absolute Gasteiger partial charge is 0.357 e. The lowest BCUT2D eigenvalue weighted by Gasteiger charge is -2.36. The second kappa shape index (κ2) is 10.2. The monoisotopic (exact) mass is 454 g/mol. The summed E-state index contributed by atoms with van der Waals surface area (Å²) >= 11 is 0. The van der Waals surface area contributed by atoms with E-state index in [2.05, 4.69) is 11.3 Å². The predicted octanol–water partition coefficient (Wildman–Crippen LogP) is 2.60. The Labute approximate surface area is 188 Å². The molecule has 1 aromatic carbocycles. The largest absolute Gasteiger partial charge is 0.466 e. The number of benzene rings is 1. The Balaban J connectivity index is 3.36. The summed E-state index contributed by atoms with van der Waals surface area (Å²) in [5.74, 6) is -3.18. The van der Waals surface area contributed by atoms with Crippen molar-refractivity contribution in [2.24, 2.45) is 0 Å². The highest BCUT2D eigenvalue weighted by atomic mass is 19.1. The van der Waals surface area contributed by atoms with Gasteiger partial charge < -0.3 is 23.4 Å². The Morgan fingerprint density at radius 1 is 1.03 bits per heavy atom. The zero-order valence-electron chi connectivity index (χ0n) is 20.0. The molecule has 0 heterocycles. The molecule has 0 spiro atoms. The first-order valence-corrected chi connectivity index (χ1v) is 9.88. The number of hydrogen-bond acceptors (Lipinski definition) is 7. The van der Waals surface area contributed by atoms with Gasteiger partial charge in [-0.15, -0.1) is 0 Å². The van der Waals surface area contributed by atoms with Crippen molar-refractivity contribution in [3.63, 3.8) is 0 Å². The van der Waals surface area contributed by atoms with Crippen molar-refractivity contribution in [1.29, 1.82) is 0 Å². The standard InChI is InChI=1S/C23H33FNO7/c1-15(17-12-16(19(26)29-8)10-11-18(17)24)13-31-23(20(27)30-9,14-25(5,6)7)21(28)32-22(2,3)4/h10-12H,1,13-14H2,2-9H3/q+1/t23-/m0/s1. The second-order valence-electron chi connectivity index (χ2n) is 9.35. The number of likely N-dealkylation sites (N-methyl/N-ethyl adjacent to an activating group) is 1. The summed E-state index contributed by atoms with van der Waals surface area (Å²) in [6.07, 6.45) is 0. The van der Waals surface area contributed by atoms with Crippen LogP contribution >= 0.6 is 0 Å². The molecule has 1 rings (SSSR count). The molecule has 0 aliphatic carbocycles. The van der Waals surface area contributed by atoms with Crippen LogP contribution in [-0.2, 0) is 28.5 Å². The lowest BCUT2D eigenvalue weighted by atomic mass is 10.0. The van der Waals surface area contributed by atoms with Crippen LogP contribution in [0, 0.1) is 5.82 Å². The molecule has 0 aliphatic rings. The molecular formula is C23H33FNO7+. The van der Waals surface area contributed by atoms with Crippen LogP contribution in [0.5, 0.6) is 0 Å². The lowest BCUT2D eigenvalue weighted by molar-refractivity contribution is -0.874. The maximum absolute atomic E-state index is 14.4. The highest BCUT2D eigenvalue weighted by Crippen LogP contribution is 2.26. The molecule has 0 saturated carbocycles. The maximum Gasteiger partial charge on any atom is 0.357 e. The number of carbonyl (C=O) groups is 3. The molecule has 178 valence electrons. The van der Waals surface area contributed by atoms with Crippen LogP contribution in [-0.4, -0.2) is 82.1 Å². The van der Waals surface area contributed by atoms with E-state index in [1.807, 2.05) is 0 Å². The van der Waals surface area contributed by atoms with Crippen LogP contribution < -0.4 is 0 Å². The first kappa shape index (κ1) is 27.3. The topological polar surface area (TPSA) is 88.1 Å². The van der Waals surface area contributed by atoms with Crippen molar-refractivity contribution in [1.82, 2.24) is 0 Å². The Kier molecular flexibility index (Phi) is 8.71. The third-order valence-corrected chi connectivity index (χ3v) is 4.20. The van der Waals surface area contributed by atoms with Gasteiger partial charge in [0.2, 0.25) is 0 Å². The Bertz CT molecular complexity index is 883. The third-order valence-electron chi connectivity index (χ3n) is 4.20. The van der Waals surface area contributed by atoms with Crippen molar-refractivity contribution in [3.05, 3.63) is 41.7 Å². The Hall–Kier alpha value is -2.78. The molecular weight excluding hydrogens is 421 g/mol. The maximum atomic E-state index is 14.4. The molecule has 0 unspecified atom stereocenters. The van der Waals surface area contributed by atoms with Crippen molar-refractivity contribution in [2.75, 3.05) is 48.5 Å². The average Bonchev–Trinajstić information content (AvgIpc) is 2.67. The zero-order valence-corrected chi connectivity index (χ0v) is 20.0. The van der Waals surface area contributed by atoms with Gasteiger partial charge in [-0.05, 0) is 44.5 Å². The van der Waals surface area contributed by atoms with E-state index in [1.54, 1.807) is 41.9 Å². The number of methoxy groups -OCH3 is 2. The number of ether oxygens (including phenoxy) is 4. The number of hydrogen-bond donors (Lipinski definition) is 0. The number of carbonyl (C=O) groups excluding carboxylic acids is 3. The number of quaternary nitrogens is 1. The van der Waals surface area contributed by atoms with Gasteiger partial charge in [-0.2, -0.15) is 0 Å². The minimum atomic E-state index is -2.13. The van der Waals surface area contributed by atoms with Gasteiger partial charge in [0.1, 0.15) is 18.0 Å². The SMILES string of the molecule is C=C(CO[C@@](C[N+](C)(C)C)(C(=O)OC)C(=O)OC(C)(C)C)c1cc(C(=O)OC)ccc1F. The fourth-order valence-electron chi connectivity index (χ4n) is 2.90. The Morgan fingerprint density at radius 3 is 2.09 bits per heavy atom. The van der Waals surface area contributed by atoms with E-state index >= 15 is 0 Å². The molecule has 0 amide bonds. The van der Waals surface area contributed by atoms with Crippen LogP contribution in [0.3, 0.4) is 0 Å². The van der Waals surface area contributed by atoms with Gasteiger partial charge in [0, 0.05) is 5.56 Å². The minimum absolute atomic E-state index is 0.0129. The Morgan fingerprint density at radius 2 is 1.62 bits per heavy atom. The first-order valence-electron chi connectivity index (χ1n) is 9.88. The van der Waals surface area contributed by atoms with E-state index in [0.29, 0.717) is 0 Å². The number of nitrogens with zero attached hydrogens (tertiary/aromatic N) is 1. The fraction of sp³-hybridized carbons (Fsp3) is 0.522. The van der Waals surface area contributed by atoms with Crippen LogP contribution in [0.1, 0.15) is 36.7 Å². The van der Waals surface area contributed by atoms with Gasteiger partial charge in [0.15, 0.2) is 0 Å². The van der Waals surface area contributed by atoms with Gasteiger partial charge in [-0.3, -0.25) is 0 Å². The third kappa shape index (κ3) is 7.13. The van der Waals surface area contributed by atoms with E-state index in [4.69, 9.17) is 14.2 Å². The predicted molar refractivity (Wildman–Crippen MR) is 116 cm³/mol. The number of halogens is 1. The number of rotatable bonds is 9. The van der Waals surface area contributed by atoms with Gasteiger partial charge in [0.25, 0.3) is 0 Å². The van der Waals surface area contributed by atoms with Crippen molar-refractivity contribution in [2.45, 2.75) is 32.0 Å². The summed E-state index contributed by atoms with van der Waals surface area (Å²) in [7, 11) is 7.63. The van der Waals surface area contributed by atoms with E-state index < -0.39 is 41.5 Å². The summed E-state index contributed by atoms with van der Waals surface area (Å²) < 4.78 is 35.4. The molecule has 1 aromatic rings. The molecule has 8 nitrogen and oxygen atoms in total. The van der Waals surface area contributed by atoms with E-state index in [-0.39, 0.29) is 27.7 Å². The summed E-state index contributed by atoms with van der Waals surface area (Å²) in [4.78, 5) is 37.7. The van der Waals surface area contributed by atoms with Crippen LogP contribution in [0.4, 0.5) is 4.39 Å². The van der Waals surface area contributed by atoms with E-state index in [0.717, 1.165) is 13.2 Å². The molecule has 32 heavy (non-hydrogen) atoms. The summed E-state index contributed by atoms with van der Waals surface area (Å²) in [5, 5.41) is 0. The van der Waals surface area contributed by atoms with Gasteiger partial charge in [-0.1, -0.05) is 6.58 Å². The summed E-state index contributed by atoms with van der Waals surface area (Å²) in [6.45, 7) is 8.25. The minimum Gasteiger partial charge on any atom is -0.466 e. The van der Waals surface area contributed by atoms with E-state index in [9.17, 15) is 18.8 Å². The van der Waals surface area contributed by atoms with Gasteiger partial charge in [-0.25, -0.2) is 18.8 Å². The molecule has 0 radical (unpaired) electrons. The van der Waals surface area contributed by atoms with Crippen LogP contribution in [0.25, 0.3) is 5.57 Å². The fourth-order valence-corrected chi connectivity index (χ4v) is 2.90.